The first-order valence-electron chi connectivity index (χ1n) is 7.12. The van der Waals surface area contributed by atoms with Crippen molar-refractivity contribution in [3.05, 3.63) is 46.0 Å². The molecule has 1 amide bonds. The average molecular weight is 318 g/mol. The van der Waals surface area contributed by atoms with Crippen LogP contribution in [0.5, 0.6) is 0 Å². The van der Waals surface area contributed by atoms with Crippen LogP contribution in [0.15, 0.2) is 28.6 Å². The average Bonchev–Trinajstić information content (AvgIpc) is 2.78. The number of aromatic nitrogens is 1. The van der Waals surface area contributed by atoms with E-state index in [1.165, 1.54) is 30.4 Å². The minimum atomic E-state index is -0.290. The Hall–Kier alpha value is -1.33. The summed E-state index contributed by atoms with van der Waals surface area (Å²) in [4.78, 5) is 16.7. The fourth-order valence-electron chi connectivity index (χ4n) is 2.73. The molecule has 2 aromatic rings. The van der Waals surface area contributed by atoms with Gasteiger partial charge in [0, 0.05) is 10.1 Å². The Morgan fingerprint density at radius 1 is 1.48 bits per heavy atom. The van der Waals surface area contributed by atoms with Gasteiger partial charge in [0.1, 0.15) is 0 Å². The molecule has 0 bridgehead atoms. The van der Waals surface area contributed by atoms with E-state index in [2.05, 4.69) is 29.2 Å². The van der Waals surface area contributed by atoms with Crippen LogP contribution in [0.2, 0.25) is 0 Å². The predicted molar refractivity (Wildman–Crippen MR) is 87.7 cm³/mol. The van der Waals surface area contributed by atoms with Gasteiger partial charge >= 0.3 is 0 Å². The Labute approximate surface area is 133 Å². The first-order chi connectivity index (χ1) is 10.1. The first-order valence-corrected chi connectivity index (χ1v) is 8.82. The SMILES string of the molecule is Cc1nc(S[C@H]2CCCc3ccccc32)sc1CC(N)=O. The molecule has 1 aromatic carbocycles. The van der Waals surface area contributed by atoms with Crippen molar-refractivity contribution < 1.29 is 4.79 Å². The van der Waals surface area contributed by atoms with Gasteiger partial charge in [-0.2, -0.15) is 0 Å². The highest BCUT2D eigenvalue weighted by Crippen LogP contribution is 2.44. The van der Waals surface area contributed by atoms with Crippen molar-refractivity contribution in [2.24, 2.45) is 5.73 Å². The first kappa shape index (κ1) is 14.6. The fraction of sp³-hybridized carbons (Fsp3) is 0.375. The number of amides is 1. The monoisotopic (exact) mass is 318 g/mol. The molecule has 1 heterocycles. The highest BCUT2D eigenvalue weighted by atomic mass is 32.2. The highest BCUT2D eigenvalue weighted by molar-refractivity contribution is 8.01. The zero-order valence-electron chi connectivity index (χ0n) is 12.0. The van der Waals surface area contributed by atoms with E-state index in [0.717, 1.165) is 14.9 Å². The van der Waals surface area contributed by atoms with Gasteiger partial charge in [-0.15, -0.1) is 11.3 Å². The maximum Gasteiger partial charge on any atom is 0.222 e. The van der Waals surface area contributed by atoms with Gasteiger partial charge in [0.05, 0.1) is 12.1 Å². The summed E-state index contributed by atoms with van der Waals surface area (Å²) >= 11 is 3.43. The van der Waals surface area contributed by atoms with Gasteiger partial charge in [-0.05, 0) is 37.3 Å². The summed E-state index contributed by atoms with van der Waals surface area (Å²) in [6.07, 6.45) is 3.89. The molecule has 1 atom stereocenters. The third-order valence-corrected chi connectivity index (χ3v) is 6.32. The van der Waals surface area contributed by atoms with Crippen LogP contribution in [0.1, 0.15) is 39.8 Å². The molecule has 3 rings (SSSR count). The number of hydrogen-bond acceptors (Lipinski definition) is 4. The third-order valence-electron chi connectivity index (χ3n) is 3.77. The minimum Gasteiger partial charge on any atom is -0.369 e. The van der Waals surface area contributed by atoms with Crippen molar-refractivity contribution in [2.45, 2.75) is 42.2 Å². The van der Waals surface area contributed by atoms with Crippen LogP contribution < -0.4 is 5.73 Å². The van der Waals surface area contributed by atoms with Gasteiger partial charge in [-0.3, -0.25) is 4.79 Å². The molecule has 110 valence electrons. The zero-order valence-corrected chi connectivity index (χ0v) is 13.6. The second kappa shape index (κ2) is 6.20. The standard InChI is InChI=1S/C16H18N2OS2/c1-10-14(9-15(17)19)21-16(18-10)20-13-8-4-6-11-5-2-3-7-12(11)13/h2-3,5,7,13H,4,6,8-9H2,1H3,(H2,17,19)/t13-/m0/s1. The number of thiazole rings is 1. The highest BCUT2D eigenvalue weighted by Gasteiger charge is 2.22. The van der Waals surface area contributed by atoms with Crippen LogP contribution in [0.4, 0.5) is 0 Å². The minimum absolute atomic E-state index is 0.290. The smallest absolute Gasteiger partial charge is 0.222 e. The molecule has 0 saturated heterocycles. The molecule has 5 heteroatoms. The second-order valence-corrected chi connectivity index (χ2v) is 7.86. The molecule has 2 N–H and O–H groups in total. The number of aryl methyl sites for hydroxylation is 2. The van der Waals surface area contributed by atoms with Crippen LogP contribution >= 0.6 is 23.1 Å². The number of nitrogens with zero attached hydrogens (tertiary/aromatic N) is 1. The van der Waals surface area contributed by atoms with Gasteiger partial charge < -0.3 is 5.73 Å². The number of fused-ring (bicyclic) bond motifs is 1. The molecule has 0 radical (unpaired) electrons. The van der Waals surface area contributed by atoms with Crippen molar-refractivity contribution in [3.8, 4) is 0 Å². The van der Waals surface area contributed by atoms with E-state index < -0.39 is 0 Å². The number of thioether (sulfide) groups is 1. The Balaban J connectivity index is 1.80. The summed E-state index contributed by atoms with van der Waals surface area (Å²) in [5.74, 6) is -0.290. The largest absolute Gasteiger partial charge is 0.369 e. The van der Waals surface area contributed by atoms with E-state index in [1.54, 1.807) is 11.3 Å². The Kier molecular flexibility index (Phi) is 4.31. The maximum atomic E-state index is 11.1. The van der Waals surface area contributed by atoms with Crippen LogP contribution in [-0.4, -0.2) is 10.9 Å². The fourth-order valence-corrected chi connectivity index (χ4v) is 5.45. The summed E-state index contributed by atoms with van der Waals surface area (Å²) in [7, 11) is 0. The molecule has 1 aliphatic carbocycles. The number of carbonyl (C=O) groups excluding carboxylic acids is 1. The lowest BCUT2D eigenvalue weighted by Crippen LogP contribution is -2.13. The van der Waals surface area contributed by atoms with E-state index in [0.29, 0.717) is 11.7 Å². The molecule has 0 saturated carbocycles. The van der Waals surface area contributed by atoms with Crippen LogP contribution in [0.25, 0.3) is 0 Å². The predicted octanol–water partition coefficient (Wildman–Crippen LogP) is 3.65. The quantitative estimate of drug-likeness (QED) is 0.936. The number of carbonyl (C=O) groups is 1. The van der Waals surface area contributed by atoms with E-state index in [4.69, 9.17) is 5.73 Å². The number of hydrogen-bond donors (Lipinski definition) is 1. The lowest BCUT2D eigenvalue weighted by molar-refractivity contribution is -0.117. The molecule has 0 fully saturated rings. The van der Waals surface area contributed by atoms with Crippen molar-refractivity contribution in [3.63, 3.8) is 0 Å². The van der Waals surface area contributed by atoms with Crippen molar-refractivity contribution in [2.75, 3.05) is 0 Å². The Bertz CT molecular complexity index is 666. The zero-order chi connectivity index (χ0) is 14.8. The third kappa shape index (κ3) is 3.30. The molecule has 1 aromatic heterocycles. The molecular weight excluding hydrogens is 300 g/mol. The lowest BCUT2D eigenvalue weighted by Gasteiger charge is -2.24. The van der Waals surface area contributed by atoms with Gasteiger partial charge in [0.25, 0.3) is 0 Å². The van der Waals surface area contributed by atoms with E-state index in [9.17, 15) is 4.79 Å². The normalized spacial score (nSPS) is 17.5. The molecule has 0 spiro atoms. The van der Waals surface area contributed by atoms with Crippen LogP contribution in [0, 0.1) is 6.92 Å². The number of rotatable bonds is 4. The van der Waals surface area contributed by atoms with Crippen LogP contribution in [-0.2, 0) is 17.6 Å². The van der Waals surface area contributed by atoms with Crippen molar-refractivity contribution >= 4 is 29.0 Å². The maximum absolute atomic E-state index is 11.1. The van der Waals surface area contributed by atoms with E-state index in [-0.39, 0.29) is 5.91 Å². The Morgan fingerprint density at radius 3 is 3.10 bits per heavy atom. The number of nitrogens with two attached hydrogens (primary N) is 1. The topological polar surface area (TPSA) is 56.0 Å². The van der Waals surface area contributed by atoms with Gasteiger partial charge in [-0.1, -0.05) is 36.0 Å². The molecular formula is C16H18N2OS2. The second-order valence-electron chi connectivity index (χ2n) is 5.33. The van der Waals surface area contributed by atoms with E-state index in [1.807, 2.05) is 18.7 Å². The van der Waals surface area contributed by atoms with Crippen LogP contribution in [0.3, 0.4) is 0 Å². The molecule has 3 nitrogen and oxygen atoms in total. The van der Waals surface area contributed by atoms with Crippen molar-refractivity contribution in [1.82, 2.24) is 4.98 Å². The summed E-state index contributed by atoms with van der Waals surface area (Å²) in [5.41, 5.74) is 9.13. The lowest BCUT2D eigenvalue weighted by atomic mass is 9.91. The number of primary amides is 1. The molecule has 1 aliphatic rings. The molecule has 0 aliphatic heterocycles. The summed E-state index contributed by atoms with van der Waals surface area (Å²) in [6.45, 7) is 1.95. The summed E-state index contributed by atoms with van der Waals surface area (Å²) < 4.78 is 1.05. The molecule has 0 unspecified atom stereocenters. The van der Waals surface area contributed by atoms with E-state index >= 15 is 0 Å². The Morgan fingerprint density at radius 2 is 2.29 bits per heavy atom. The van der Waals surface area contributed by atoms with Gasteiger partial charge in [0.2, 0.25) is 5.91 Å². The summed E-state index contributed by atoms with van der Waals surface area (Å²) in [5, 5.41) is 0.474. The summed E-state index contributed by atoms with van der Waals surface area (Å²) in [6, 6.07) is 8.69. The molecule has 21 heavy (non-hydrogen) atoms. The van der Waals surface area contributed by atoms with Gasteiger partial charge in [0.15, 0.2) is 4.34 Å². The number of benzene rings is 1. The van der Waals surface area contributed by atoms with Gasteiger partial charge in [-0.25, -0.2) is 4.98 Å². The van der Waals surface area contributed by atoms with Crippen molar-refractivity contribution in [1.29, 1.82) is 0 Å².